The lowest BCUT2D eigenvalue weighted by molar-refractivity contribution is 0.0681. The standard InChI is InChI=1S/C27H22Cl2N2O/c28-22-13-9-18(10-14-22)17-21-7-4-8-24-25(21)30-31(27(32)20-5-2-1-3-6-20)26(24)19-11-15-23(29)16-12-19/h1-3,5-6,9-17,24,26H,4,7-8H2/b21-17-/t24-,26+/m0/s1. The van der Waals surface area contributed by atoms with Crippen molar-refractivity contribution in [3.63, 3.8) is 0 Å². The number of carbonyl (C=O) groups excluding carboxylic acids is 1. The molecular weight excluding hydrogens is 439 g/mol. The van der Waals surface area contributed by atoms with E-state index in [1.165, 1.54) is 5.57 Å². The van der Waals surface area contributed by atoms with Crippen LogP contribution in [0.2, 0.25) is 10.0 Å². The Morgan fingerprint density at radius 2 is 1.56 bits per heavy atom. The number of fused-ring (bicyclic) bond motifs is 1. The van der Waals surface area contributed by atoms with Gasteiger partial charge in [0.2, 0.25) is 0 Å². The second kappa shape index (κ2) is 8.93. The number of hydrazone groups is 1. The van der Waals surface area contributed by atoms with Crippen molar-refractivity contribution >= 4 is 40.9 Å². The fourth-order valence-electron chi connectivity index (χ4n) is 4.63. The third-order valence-electron chi connectivity index (χ3n) is 6.15. The molecule has 0 radical (unpaired) electrons. The number of rotatable bonds is 3. The summed E-state index contributed by atoms with van der Waals surface area (Å²) in [7, 11) is 0. The van der Waals surface area contributed by atoms with Crippen molar-refractivity contribution in [1.82, 2.24) is 5.01 Å². The Balaban J connectivity index is 1.57. The molecule has 1 amide bonds. The van der Waals surface area contributed by atoms with E-state index in [0.717, 1.165) is 36.1 Å². The maximum atomic E-state index is 13.5. The third kappa shape index (κ3) is 4.11. The lowest BCUT2D eigenvalue weighted by atomic mass is 9.77. The number of allylic oxidation sites excluding steroid dienone is 1. The Labute approximate surface area is 198 Å². The smallest absolute Gasteiger partial charge is 0.267 e. The van der Waals surface area contributed by atoms with Gasteiger partial charge < -0.3 is 0 Å². The van der Waals surface area contributed by atoms with Gasteiger partial charge in [-0.2, -0.15) is 5.10 Å². The van der Waals surface area contributed by atoms with E-state index in [9.17, 15) is 4.79 Å². The molecule has 1 heterocycles. The van der Waals surface area contributed by atoms with Gasteiger partial charge in [-0.25, -0.2) is 5.01 Å². The van der Waals surface area contributed by atoms with Crippen LogP contribution in [0.15, 0.2) is 89.5 Å². The summed E-state index contributed by atoms with van der Waals surface area (Å²) in [5.74, 6) is 0.0643. The normalized spacial score (nSPS) is 21.4. The van der Waals surface area contributed by atoms with Crippen LogP contribution in [0.4, 0.5) is 0 Å². The molecule has 1 aliphatic carbocycles. The molecule has 160 valence electrons. The van der Waals surface area contributed by atoms with Crippen LogP contribution in [0.1, 0.15) is 46.8 Å². The van der Waals surface area contributed by atoms with Crippen LogP contribution in [0.5, 0.6) is 0 Å². The minimum atomic E-state index is -0.149. The van der Waals surface area contributed by atoms with Gasteiger partial charge in [0.15, 0.2) is 0 Å². The first-order valence-corrected chi connectivity index (χ1v) is 11.5. The molecular formula is C27H22Cl2N2O. The number of hydrogen-bond acceptors (Lipinski definition) is 2. The van der Waals surface area contributed by atoms with E-state index < -0.39 is 0 Å². The van der Waals surface area contributed by atoms with Gasteiger partial charge in [0.05, 0.1) is 11.8 Å². The number of carbonyl (C=O) groups is 1. The van der Waals surface area contributed by atoms with Gasteiger partial charge in [0, 0.05) is 21.5 Å². The molecule has 0 spiro atoms. The van der Waals surface area contributed by atoms with E-state index >= 15 is 0 Å². The minimum Gasteiger partial charge on any atom is -0.267 e. The zero-order valence-corrected chi connectivity index (χ0v) is 18.9. The predicted octanol–water partition coefficient (Wildman–Crippen LogP) is 7.43. The zero-order chi connectivity index (χ0) is 22.1. The number of halogens is 2. The zero-order valence-electron chi connectivity index (χ0n) is 17.4. The van der Waals surface area contributed by atoms with Crippen LogP contribution < -0.4 is 0 Å². The summed E-state index contributed by atoms with van der Waals surface area (Å²) >= 11 is 12.2. The Bertz CT molecular complexity index is 1180. The first-order valence-electron chi connectivity index (χ1n) is 10.8. The van der Waals surface area contributed by atoms with Gasteiger partial charge >= 0.3 is 0 Å². The highest BCUT2D eigenvalue weighted by Crippen LogP contribution is 2.45. The lowest BCUT2D eigenvalue weighted by Gasteiger charge is -2.29. The molecule has 3 aromatic rings. The molecule has 0 unspecified atom stereocenters. The van der Waals surface area contributed by atoms with Gasteiger partial charge in [-0.15, -0.1) is 0 Å². The second-order valence-corrected chi connectivity index (χ2v) is 9.09. The summed E-state index contributed by atoms with van der Waals surface area (Å²) in [4.78, 5) is 13.5. The van der Waals surface area contributed by atoms with Crippen molar-refractivity contribution in [2.75, 3.05) is 0 Å². The average Bonchev–Trinajstić information content (AvgIpc) is 3.22. The molecule has 2 atom stereocenters. The van der Waals surface area contributed by atoms with Crippen molar-refractivity contribution in [3.05, 3.63) is 111 Å². The van der Waals surface area contributed by atoms with Gasteiger partial charge in [-0.05, 0) is 78.4 Å². The lowest BCUT2D eigenvalue weighted by Crippen LogP contribution is -2.31. The molecule has 32 heavy (non-hydrogen) atoms. The van der Waals surface area contributed by atoms with Crippen LogP contribution in [-0.4, -0.2) is 16.6 Å². The summed E-state index contributed by atoms with van der Waals surface area (Å²) in [5.41, 5.74) is 4.97. The fraction of sp³-hybridized carbons (Fsp3) is 0.185. The molecule has 1 fully saturated rings. The van der Waals surface area contributed by atoms with Crippen molar-refractivity contribution in [1.29, 1.82) is 0 Å². The summed E-state index contributed by atoms with van der Waals surface area (Å²) in [6.45, 7) is 0. The Morgan fingerprint density at radius 3 is 2.25 bits per heavy atom. The molecule has 3 nitrogen and oxygen atoms in total. The molecule has 5 heteroatoms. The molecule has 0 bridgehead atoms. The van der Waals surface area contributed by atoms with Crippen LogP contribution >= 0.6 is 23.2 Å². The highest BCUT2D eigenvalue weighted by molar-refractivity contribution is 6.30. The molecule has 5 rings (SSSR count). The largest absolute Gasteiger partial charge is 0.274 e. The van der Waals surface area contributed by atoms with Gasteiger partial charge in [-0.3, -0.25) is 4.79 Å². The molecule has 1 aliphatic heterocycles. The van der Waals surface area contributed by atoms with Crippen molar-refractivity contribution in [2.24, 2.45) is 11.0 Å². The van der Waals surface area contributed by atoms with E-state index in [0.29, 0.717) is 15.6 Å². The molecule has 0 N–H and O–H groups in total. The number of hydrogen-bond donors (Lipinski definition) is 0. The first-order chi connectivity index (χ1) is 15.6. The van der Waals surface area contributed by atoms with E-state index in [1.807, 2.05) is 78.9 Å². The number of benzene rings is 3. The highest BCUT2D eigenvalue weighted by Gasteiger charge is 2.43. The molecule has 3 aromatic carbocycles. The minimum absolute atomic E-state index is 0.0849. The van der Waals surface area contributed by atoms with Gasteiger partial charge in [0.1, 0.15) is 0 Å². The van der Waals surface area contributed by atoms with E-state index in [-0.39, 0.29) is 17.9 Å². The molecule has 1 saturated carbocycles. The summed E-state index contributed by atoms with van der Waals surface area (Å²) in [6, 6.07) is 24.8. The van der Waals surface area contributed by atoms with Crippen molar-refractivity contribution in [2.45, 2.75) is 25.3 Å². The molecule has 0 saturated heterocycles. The topological polar surface area (TPSA) is 32.7 Å². The average molecular weight is 461 g/mol. The highest BCUT2D eigenvalue weighted by atomic mass is 35.5. The molecule has 2 aliphatic rings. The monoisotopic (exact) mass is 460 g/mol. The second-order valence-electron chi connectivity index (χ2n) is 8.22. The maximum Gasteiger partial charge on any atom is 0.274 e. The number of amides is 1. The Morgan fingerprint density at radius 1 is 0.906 bits per heavy atom. The first kappa shape index (κ1) is 21.0. The van der Waals surface area contributed by atoms with Crippen molar-refractivity contribution < 1.29 is 4.79 Å². The van der Waals surface area contributed by atoms with Crippen LogP contribution in [-0.2, 0) is 0 Å². The maximum absolute atomic E-state index is 13.5. The van der Waals surface area contributed by atoms with Gasteiger partial charge in [-0.1, -0.05) is 65.7 Å². The van der Waals surface area contributed by atoms with E-state index in [4.69, 9.17) is 28.3 Å². The summed E-state index contributed by atoms with van der Waals surface area (Å²) in [5, 5.41) is 8.01. The molecule has 0 aromatic heterocycles. The van der Waals surface area contributed by atoms with Crippen LogP contribution in [0, 0.1) is 5.92 Å². The van der Waals surface area contributed by atoms with E-state index in [1.54, 1.807) is 5.01 Å². The van der Waals surface area contributed by atoms with Crippen molar-refractivity contribution in [3.8, 4) is 0 Å². The van der Waals surface area contributed by atoms with E-state index in [2.05, 4.69) is 6.08 Å². The Hall–Kier alpha value is -2.88. The summed E-state index contributed by atoms with van der Waals surface area (Å²) < 4.78 is 0. The summed E-state index contributed by atoms with van der Waals surface area (Å²) in [6.07, 6.45) is 5.17. The third-order valence-corrected chi connectivity index (χ3v) is 6.66. The fourth-order valence-corrected chi connectivity index (χ4v) is 4.89. The number of nitrogens with zero attached hydrogens (tertiary/aromatic N) is 2. The Kier molecular flexibility index (Phi) is 5.86. The SMILES string of the molecule is O=C(c1ccccc1)N1N=C2/C(=C\c3ccc(Cl)cc3)CCC[C@@H]2[C@H]1c1ccc(Cl)cc1. The van der Waals surface area contributed by atoms with Crippen LogP contribution in [0.25, 0.3) is 6.08 Å². The van der Waals surface area contributed by atoms with Gasteiger partial charge in [0.25, 0.3) is 5.91 Å². The van der Waals surface area contributed by atoms with Crippen LogP contribution in [0.3, 0.4) is 0 Å². The predicted molar refractivity (Wildman–Crippen MR) is 131 cm³/mol. The quantitative estimate of drug-likeness (QED) is 0.399.